The molecule has 1 aliphatic carbocycles. The molecule has 72 valence electrons. The third kappa shape index (κ3) is 1.40. The van der Waals surface area contributed by atoms with E-state index in [-0.39, 0.29) is 0 Å². The summed E-state index contributed by atoms with van der Waals surface area (Å²) in [5.74, 6) is 0.995. The van der Waals surface area contributed by atoms with Crippen LogP contribution in [0.4, 0.5) is 0 Å². The highest BCUT2D eigenvalue weighted by molar-refractivity contribution is 9.11. The normalized spacial score (nSPS) is 16.1. The molecule has 0 bridgehead atoms. The standard InChI is InChI=1S/C9H8BrN3S/c10-8-3-6(4-14-8)9-12-11-5-13(9)7-1-2-7/h3-5,7H,1-2H2. The van der Waals surface area contributed by atoms with Crippen LogP contribution < -0.4 is 0 Å². The van der Waals surface area contributed by atoms with Crippen molar-refractivity contribution in [1.82, 2.24) is 14.8 Å². The van der Waals surface area contributed by atoms with Crippen LogP contribution in [0.1, 0.15) is 18.9 Å². The molecule has 1 fully saturated rings. The van der Waals surface area contributed by atoms with Crippen molar-refractivity contribution in [2.45, 2.75) is 18.9 Å². The minimum absolute atomic E-state index is 0.638. The quantitative estimate of drug-likeness (QED) is 0.839. The van der Waals surface area contributed by atoms with Crippen LogP contribution in [-0.2, 0) is 0 Å². The molecular formula is C9H8BrN3S. The molecule has 2 aromatic rings. The lowest BCUT2D eigenvalue weighted by atomic mass is 10.3. The van der Waals surface area contributed by atoms with E-state index in [2.05, 4.69) is 42.1 Å². The smallest absolute Gasteiger partial charge is 0.164 e. The summed E-state index contributed by atoms with van der Waals surface area (Å²) in [6.07, 6.45) is 4.35. The topological polar surface area (TPSA) is 30.7 Å². The first-order chi connectivity index (χ1) is 6.84. The van der Waals surface area contributed by atoms with E-state index < -0.39 is 0 Å². The van der Waals surface area contributed by atoms with Crippen LogP contribution in [0.15, 0.2) is 21.6 Å². The Balaban J connectivity index is 2.06. The van der Waals surface area contributed by atoms with Crippen molar-refractivity contribution in [3.63, 3.8) is 0 Å². The Labute approximate surface area is 93.9 Å². The second-order valence-corrected chi connectivity index (χ2v) is 5.72. The number of rotatable bonds is 2. The van der Waals surface area contributed by atoms with Crippen LogP contribution in [0.5, 0.6) is 0 Å². The van der Waals surface area contributed by atoms with Crippen molar-refractivity contribution in [2.75, 3.05) is 0 Å². The number of hydrogen-bond acceptors (Lipinski definition) is 3. The van der Waals surface area contributed by atoms with Crippen molar-refractivity contribution in [2.24, 2.45) is 0 Å². The van der Waals surface area contributed by atoms with E-state index in [9.17, 15) is 0 Å². The highest BCUT2D eigenvalue weighted by Crippen LogP contribution is 2.38. The van der Waals surface area contributed by atoms with Crippen LogP contribution in [0.25, 0.3) is 11.4 Å². The highest BCUT2D eigenvalue weighted by Gasteiger charge is 2.26. The van der Waals surface area contributed by atoms with Gasteiger partial charge in [-0.3, -0.25) is 0 Å². The molecular weight excluding hydrogens is 262 g/mol. The van der Waals surface area contributed by atoms with Crippen LogP contribution in [0.3, 0.4) is 0 Å². The van der Waals surface area contributed by atoms with Gasteiger partial charge in [0.25, 0.3) is 0 Å². The molecule has 0 unspecified atom stereocenters. The van der Waals surface area contributed by atoms with Gasteiger partial charge in [0.15, 0.2) is 5.82 Å². The summed E-state index contributed by atoms with van der Waals surface area (Å²) in [5.41, 5.74) is 1.16. The molecule has 0 aliphatic heterocycles. The molecule has 3 nitrogen and oxygen atoms in total. The Morgan fingerprint density at radius 2 is 2.36 bits per heavy atom. The van der Waals surface area contributed by atoms with Gasteiger partial charge in [-0.2, -0.15) is 0 Å². The Hall–Kier alpha value is -0.680. The Morgan fingerprint density at radius 3 is 3.00 bits per heavy atom. The fourth-order valence-corrected chi connectivity index (χ4v) is 2.63. The highest BCUT2D eigenvalue weighted by atomic mass is 79.9. The predicted octanol–water partition coefficient (Wildman–Crippen LogP) is 3.10. The Kier molecular flexibility index (Phi) is 1.95. The molecule has 0 saturated heterocycles. The number of halogens is 1. The summed E-state index contributed by atoms with van der Waals surface area (Å²) >= 11 is 5.14. The molecule has 0 atom stereocenters. The molecule has 2 aromatic heterocycles. The molecule has 1 saturated carbocycles. The third-order valence-electron chi connectivity index (χ3n) is 2.34. The monoisotopic (exact) mass is 269 g/mol. The fraction of sp³-hybridized carbons (Fsp3) is 0.333. The minimum Gasteiger partial charge on any atom is -0.310 e. The van der Waals surface area contributed by atoms with E-state index in [4.69, 9.17) is 0 Å². The molecule has 14 heavy (non-hydrogen) atoms. The summed E-state index contributed by atoms with van der Waals surface area (Å²) in [5, 5.41) is 10.2. The van der Waals surface area contributed by atoms with Crippen LogP contribution >= 0.6 is 27.3 Å². The fourth-order valence-electron chi connectivity index (χ4n) is 1.50. The molecule has 0 amide bonds. The maximum atomic E-state index is 4.16. The second kappa shape index (κ2) is 3.17. The maximum Gasteiger partial charge on any atom is 0.164 e. The van der Waals surface area contributed by atoms with Gasteiger partial charge in [0.05, 0.1) is 3.79 Å². The van der Waals surface area contributed by atoms with E-state index in [1.54, 1.807) is 11.3 Å². The first-order valence-electron chi connectivity index (χ1n) is 4.48. The first-order valence-corrected chi connectivity index (χ1v) is 6.16. The molecule has 0 N–H and O–H groups in total. The number of aromatic nitrogens is 3. The predicted molar refractivity (Wildman–Crippen MR) is 59.3 cm³/mol. The lowest BCUT2D eigenvalue weighted by Gasteiger charge is -2.00. The van der Waals surface area contributed by atoms with E-state index in [0.717, 1.165) is 15.2 Å². The van der Waals surface area contributed by atoms with Gasteiger partial charge in [0.1, 0.15) is 6.33 Å². The lowest BCUT2D eigenvalue weighted by Crippen LogP contribution is -1.94. The van der Waals surface area contributed by atoms with Crippen molar-refractivity contribution in [1.29, 1.82) is 0 Å². The molecule has 2 heterocycles. The average Bonchev–Trinajstić information content (AvgIpc) is 2.75. The van der Waals surface area contributed by atoms with Crippen LogP contribution in [-0.4, -0.2) is 14.8 Å². The zero-order chi connectivity index (χ0) is 9.54. The molecule has 0 radical (unpaired) electrons. The van der Waals surface area contributed by atoms with Gasteiger partial charge in [0, 0.05) is 17.0 Å². The van der Waals surface area contributed by atoms with Gasteiger partial charge in [-0.05, 0) is 34.8 Å². The average molecular weight is 270 g/mol. The van der Waals surface area contributed by atoms with Gasteiger partial charge in [0.2, 0.25) is 0 Å². The first kappa shape index (κ1) is 8.61. The van der Waals surface area contributed by atoms with Crippen LogP contribution in [0.2, 0.25) is 0 Å². The van der Waals surface area contributed by atoms with Gasteiger partial charge < -0.3 is 4.57 Å². The molecule has 5 heteroatoms. The van der Waals surface area contributed by atoms with Gasteiger partial charge in [-0.1, -0.05) is 0 Å². The van der Waals surface area contributed by atoms with Gasteiger partial charge in [-0.25, -0.2) is 0 Å². The molecule has 3 rings (SSSR count). The lowest BCUT2D eigenvalue weighted by molar-refractivity contribution is 0.746. The summed E-state index contributed by atoms with van der Waals surface area (Å²) in [7, 11) is 0. The number of nitrogens with zero attached hydrogens (tertiary/aromatic N) is 3. The minimum atomic E-state index is 0.638. The summed E-state index contributed by atoms with van der Waals surface area (Å²) in [6, 6.07) is 2.73. The molecule has 0 aromatic carbocycles. The zero-order valence-electron chi connectivity index (χ0n) is 7.35. The van der Waals surface area contributed by atoms with E-state index >= 15 is 0 Å². The SMILES string of the molecule is Brc1cc(-c2nncn2C2CC2)cs1. The largest absolute Gasteiger partial charge is 0.310 e. The number of hydrogen-bond donors (Lipinski definition) is 0. The van der Waals surface area contributed by atoms with E-state index in [1.165, 1.54) is 12.8 Å². The van der Waals surface area contributed by atoms with Crippen molar-refractivity contribution >= 4 is 27.3 Å². The second-order valence-electron chi connectivity index (χ2n) is 3.43. The van der Waals surface area contributed by atoms with Crippen LogP contribution in [0, 0.1) is 0 Å². The molecule has 0 spiro atoms. The van der Waals surface area contributed by atoms with Crippen molar-refractivity contribution < 1.29 is 0 Å². The number of thiophene rings is 1. The Bertz CT molecular complexity index is 458. The third-order valence-corrected chi connectivity index (χ3v) is 3.84. The van der Waals surface area contributed by atoms with Crippen molar-refractivity contribution in [3.8, 4) is 11.4 Å². The van der Waals surface area contributed by atoms with Gasteiger partial charge in [-0.15, -0.1) is 21.5 Å². The summed E-state index contributed by atoms with van der Waals surface area (Å²) < 4.78 is 3.31. The molecule has 1 aliphatic rings. The van der Waals surface area contributed by atoms with Crippen molar-refractivity contribution in [3.05, 3.63) is 21.6 Å². The van der Waals surface area contributed by atoms with E-state index in [0.29, 0.717) is 6.04 Å². The maximum absolute atomic E-state index is 4.16. The van der Waals surface area contributed by atoms with E-state index in [1.807, 2.05) is 6.33 Å². The summed E-state index contributed by atoms with van der Waals surface area (Å²) in [6.45, 7) is 0. The zero-order valence-corrected chi connectivity index (χ0v) is 9.75. The Morgan fingerprint density at radius 1 is 1.50 bits per heavy atom. The van der Waals surface area contributed by atoms with Gasteiger partial charge >= 0.3 is 0 Å². The summed E-state index contributed by atoms with van der Waals surface area (Å²) in [4.78, 5) is 0.